The van der Waals surface area contributed by atoms with Gasteiger partial charge in [-0.15, -0.1) is 10.2 Å². The molecule has 2 aromatic carbocycles. The second-order valence-electron chi connectivity index (χ2n) is 10.1. The number of halogens is 1. The van der Waals surface area contributed by atoms with E-state index in [-0.39, 0.29) is 22.4 Å². The minimum Gasteiger partial charge on any atom is -0.381 e. The van der Waals surface area contributed by atoms with E-state index in [1.165, 1.54) is 0 Å². The number of carbonyl (C=O) groups excluding carboxylic acids is 1. The van der Waals surface area contributed by atoms with E-state index in [0.29, 0.717) is 59.5 Å². The van der Waals surface area contributed by atoms with Gasteiger partial charge in [0.15, 0.2) is 16.7 Å². The lowest BCUT2D eigenvalue weighted by Gasteiger charge is -2.24. The van der Waals surface area contributed by atoms with E-state index in [9.17, 15) is 4.79 Å². The predicted molar refractivity (Wildman–Crippen MR) is 165 cm³/mol. The van der Waals surface area contributed by atoms with Crippen molar-refractivity contribution in [3.63, 3.8) is 0 Å². The molecular weight excluding hydrogens is 553 g/mol. The molecule has 0 spiro atoms. The van der Waals surface area contributed by atoms with Crippen molar-refractivity contribution in [2.75, 3.05) is 57.2 Å². The number of hydrogen-bond donors (Lipinski definition) is 1. The molecule has 0 radical (unpaired) electrons. The predicted octanol–water partition coefficient (Wildman–Crippen LogP) is 5.79. The molecule has 0 bridgehead atoms. The Bertz CT molecular complexity index is 1550. The largest absolute Gasteiger partial charge is 0.381 e. The van der Waals surface area contributed by atoms with E-state index in [4.69, 9.17) is 9.72 Å². The van der Waals surface area contributed by atoms with Crippen LogP contribution in [0.5, 0.6) is 0 Å². The number of likely N-dealkylation sites (N-methyl/N-ethyl adjacent to an activating group) is 2. The van der Waals surface area contributed by atoms with Crippen LogP contribution in [0, 0.1) is 0 Å². The number of rotatable bonds is 10. The average molecular weight is 588 g/mol. The van der Waals surface area contributed by atoms with Crippen molar-refractivity contribution in [1.29, 1.82) is 0 Å². The fraction of sp³-hybridized carbons (Fsp3) is 0.323. The number of nitrogens with one attached hydrogen (secondary N) is 1. The molecule has 42 heavy (non-hydrogen) atoms. The molecule has 218 valence electrons. The minimum atomic E-state index is -0.382. The summed E-state index contributed by atoms with van der Waals surface area (Å²) in [5.41, 5.74) is 2.94. The van der Waals surface area contributed by atoms with E-state index in [0.717, 1.165) is 36.5 Å². The van der Waals surface area contributed by atoms with Gasteiger partial charge in [-0.1, -0.05) is 53.8 Å². The zero-order valence-electron chi connectivity index (χ0n) is 24.0. The summed E-state index contributed by atoms with van der Waals surface area (Å²) in [6.45, 7) is 5.38. The zero-order chi connectivity index (χ0) is 29.5. The number of hydrogen-bond acceptors (Lipinski definition) is 9. The van der Waals surface area contributed by atoms with Crippen LogP contribution in [0.2, 0.25) is 0 Å². The average Bonchev–Trinajstić information content (AvgIpc) is 3.52. The normalized spacial score (nSPS) is 13.3. The highest BCUT2D eigenvalue weighted by atomic mass is 32.1. The first-order valence-electron chi connectivity index (χ1n) is 14.0. The molecule has 1 fully saturated rings. The highest BCUT2D eigenvalue weighted by molar-refractivity contribution is 7.15. The van der Waals surface area contributed by atoms with Crippen LogP contribution in [0.3, 0.4) is 0 Å². The Labute approximate surface area is 249 Å². The number of aromatic nitrogens is 4. The summed E-state index contributed by atoms with van der Waals surface area (Å²) in [7, 11) is 4.05. The Morgan fingerprint density at radius 1 is 1.00 bits per heavy atom. The van der Waals surface area contributed by atoms with Gasteiger partial charge in [-0.2, -0.15) is 0 Å². The summed E-state index contributed by atoms with van der Waals surface area (Å²) in [4.78, 5) is 27.4. The molecule has 0 saturated carbocycles. The molecule has 4 aromatic rings. The molecule has 11 heteroatoms. The maximum Gasteiger partial charge on any atom is 0.274 e. The summed E-state index contributed by atoms with van der Waals surface area (Å²) in [5.74, 6) is 0.435. The molecule has 1 aliphatic heterocycles. The first kappa shape index (κ1) is 29.4. The first-order valence-corrected chi connectivity index (χ1v) is 14.8. The van der Waals surface area contributed by atoms with Crippen molar-refractivity contribution in [2.24, 2.45) is 0 Å². The summed E-state index contributed by atoms with van der Waals surface area (Å²) in [5, 5.41) is 12.1. The topological polar surface area (TPSA) is 96.4 Å². The van der Waals surface area contributed by atoms with Gasteiger partial charge in [0.05, 0.1) is 18.9 Å². The van der Waals surface area contributed by atoms with Crippen LogP contribution in [-0.4, -0.2) is 77.9 Å². The van der Waals surface area contributed by atoms with Crippen molar-refractivity contribution in [2.45, 2.75) is 19.8 Å². The highest BCUT2D eigenvalue weighted by Crippen LogP contribution is 2.35. The van der Waals surface area contributed by atoms with Crippen LogP contribution < -0.4 is 10.2 Å². The van der Waals surface area contributed by atoms with Gasteiger partial charge in [0.1, 0.15) is 16.5 Å². The number of anilines is 2. The maximum atomic E-state index is 15.1. The van der Waals surface area contributed by atoms with Gasteiger partial charge in [-0.25, -0.2) is 14.4 Å². The standard InChI is InChI=1S/C31H34FN7O2S/c1-4-39(17-16-38(2)3)26-20-25(33-28(35-26)22-10-6-5-7-11-22)29(40)34-24-13-9-8-12-23(24)30-36-37-31(42-30)27(32)21-14-18-41-19-15-21/h5-13,20H,4,14-19H2,1-3H3,(H,34,40). The highest BCUT2D eigenvalue weighted by Gasteiger charge is 2.21. The number of nitrogens with zero attached hydrogens (tertiary/aromatic N) is 6. The Kier molecular flexibility index (Phi) is 9.63. The fourth-order valence-corrected chi connectivity index (χ4v) is 5.43. The second-order valence-corrected chi connectivity index (χ2v) is 11.1. The Hall–Kier alpha value is -4.06. The van der Waals surface area contributed by atoms with Crippen LogP contribution in [-0.2, 0) is 4.74 Å². The Morgan fingerprint density at radius 3 is 2.48 bits per heavy atom. The number of carbonyl (C=O) groups is 1. The van der Waals surface area contributed by atoms with E-state index < -0.39 is 0 Å². The Morgan fingerprint density at radius 2 is 1.74 bits per heavy atom. The van der Waals surface area contributed by atoms with Gasteiger partial charge < -0.3 is 19.9 Å². The molecular formula is C31H34FN7O2S. The van der Waals surface area contributed by atoms with E-state index in [1.54, 1.807) is 12.1 Å². The molecule has 0 unspecified atom stereocenters. The molecule has 0 aliphatic carbocycles. The van der Waals surface area contributed by atoms with Crippen LogP contribution in [0.1, 0.15) is 35.3 Å². The lowest BCUT2D eigenvalue weighted by Crippen LogP contribution is -2.32. The molecule has 1 saturated heterocycles. The molecule has 3 heterocycles. The third-order valence-corrected chi connectivity index (χ3v) is 7.87. The summed E-state index contributed by atoms with van der Waals surface area (Å²) in [6, 6.07) is 18.6. The summed E-state index contributed by atoms with van der Waals surface area (Å²) >= 11 is 1.16. The quantitative estimate of drug-likeness (QED) is 0.249. The SMILES string of the molecule is CCN(CCN(C)C)c1cc(C(=O)Nc2ccccc2-c2nnc(C(F)=C3CCOCC3)s2)nc(-c2ccccc2)n1. The summed E-state index contributed by atoms with van der Waals surface area (Å²) < 4.78 is 20.5. The van der Waals surface area contributed by atoms with Gasteiger partial charge in [-0.3, -0.25) is 4.79 Å². The van der Waals surface area contributed by atoms with Crippen molar-refractivity contribution < 1.29 is 13.9 Å². The van der Waals surface area contributed by atoms with Crippen molar-refractivity contribution in [1.82, 2.24) is 25.1 Å². The maximum absolute atomic E-state index is 15.1. The minimum absolute atomic E-state index is 0.230. The van der Waals surface area contributed by atoms with Crippen molar-refractivity contribution in [3.05, 3.63) is 76.9 Å². The van der Waals surface area contributed by atoms with E-state index in [1.807, 2.05) is 62.6 Å². The number of amides is 1. The molecule has 1 aliphatic rings. The second kappa shape index (κ2) is 13.7. The monoisotopic (exact) mass is 587 g/mol. The van der Waals surface area contributed by atoms with Gasteiger partial charge in [-0.05, 0) is 51.6 Å². The Balaban J connectivity index is 1.45. The molecule has 2 aromatic heterocycles. The molecule has 9 nitrogen and oxygen atoms in total. The summed E-state index contributed by atoms with van der Waals surface area (Å²) in [6.07, 6.45) is 1.09. The third kappa shape index (κ3) is 7.04. The molecule has 5 rings (SSSR count). The van der Waals surface area contributed by atoms with E-state index >= 15 is 4.39 Å². The lowest BCUT2D eigenvalue weighted by atomic mass is 10.1. The van der Waals surface area contributed by atoms with Crippen LogP contribution in [0.25, 0.3) is 27.8 Å². The van der Waals surface area contributed by atoms with Gasteiger partial charge in [0, 0.05) is 36.8 Å². The van der Waals surface area contributed by atoms with Crippen LogP contribution >= 0.6 is 11.3 Å². The van der Waals surface area contributed by atoms with Gasteiger partial charge >= 0.3 is 0 Å². The number of para-hydroxylation sites is 1. The van der Waals surface area contributed by atoms with Crippen LogP contribution in [0.15, 0.2) is 66.2 Å². The van der Waals surface area contributed by atoms with Crippen LogP contribution in [0.4, 0.5) is 15.9 Å². The molecule has 0 atom stereocenters. The third-order valence-electron chi connectivity index (χ3n) is 6.93. The lowest BCUT2D eigenvalue weighted by molar-refractivity contribution is 0.102. The van der Waals surface area contributed by atoms with Crippen molar-refractivity contribution >= 4 is 34.6 Å². The zero-order valence-corrected chi connectivity index (χ0v) is 24.8. The molecule has 1 amide bonds. The van der Waals surface area contributed by atoms with E-state index in [2.05, 4.69) is 37.2 Å². The van der Waals surface area contributed by atoms with Gasteiger partial charge in [0.2, 0.25) is 0 Å². The van der Waals surface area contributed by atoms with Crippen molar-refractivity contribution in [3.8, 4) is 22.0 Å². The smallest absolute Gasteiger partial charge is 0.274 e. The number of benzene rings is 2. The number of ether oxygens (including phenoxy) is 1. The van der Waals surface area contributed by atoms with Gasteiger partial charge in [0.25, 0.3) is 5.91 Å². The fourth-order valence-electron chi connectivity index (χ4n) is 4.56. The molecule has 1 N–H and O–H groups in total. The first-order chi connectivity index (χ1) is 20.4.